The molecule has 0 radical (unpaired) electrons. The first-order valence-corrected chi connectivity index (χ1v) is 12.6. The molecule has 8 nitrogen and oxygen atoms in total. The fourth-order valence-corrected chi connectivity index (χ4v) is 5.02. The van der Waals surface area contributed by atoms with Crippen LogP contribution in [0.4, 0.5) is 11.8 Å². The van der Waals surface area contributed by atoms with Crippen molar-refractivity contribution in [1.82, 2.24) is 19.7 Å². The lowest BCUT2D eigenvalue weighted by molar-refractivity contribution is 0.408. The van der Waals surface area contributed by atoms with Gasteiger partial charge in [-0.3, -0.25) is 0 Å². The highest BCUT2D eigenvalue weighted by Crippen LogP contribution is 2.33. The van der Waals surface area contributed by atoms with Gasteiger partial charge in [0.15, 0.2) is 5.65 Å². The predicted octanol–water partition coefficient (Wildman–Crippen LogP) is 4.55. The Morgan fingerprint density at radius 2 is 1.83 bits per heavy atom. The number of ether oxygens (including phenoxy) is 2. The fourth-order valence-electron chi connectivity index (χ4n) is 5.02. The van der Waals surface area contributed by atoms with Gasteiger partial charge >= 0.3 is 0 Å². The molecule has 0 atom stereocenters. The lowest BCUT2D eigenvalue weighted by atomic mass is 9.99. The highest BCUT2D eigenvalue weighted by atomic mass is 16.5. The Bertz CT molecular complexity index is 1350. The number of rotatable bonds is 10. The summed E-state index contributed by atoms with van der Waals surface area (Å²) in [6, 6.07) is 14.5. The Labute approximate surface area is 212 Å². The summed E-state index contributed by atoms with van der Waals surface area (Å²) in [6.07, 6.45) is 3.84. The minimum atomic E-state index is 0.633. The summed E-state index contributed by atoms with van der Waals surface area (Å²) in [7, 11) is 5.39. The van der Waals surface area contributed by atoms with Gasteiger partial charge in [0.05, 0.1) is 25.3 Å². The predicted molar refractivity (Wildman–Crippen MR) is 143 cm³/mol. The fraction of sp³-hybridized carbons (Fsp3) is 0.393. The second-order valence-electron chi connectivity index (χ2n) is 9.18. The zero-order valence-corrected chi connectivity index (χ0v) is 21.5. The average molecular weight is 487 g/mol. The molecule has 2 aromatic carbocycles. The number of hydrogen-bond donors (Lipinski definition) is 1. The number of aryl methyl sites for hydroxylation is 1. The van der Waals surface area contributed by atoms with E-state index in [-0.39, 0.29) is 0 Å². The van der Waals surface area contributed by atoms with Crippen molar-refractivity contribution in [3.63, 3.8) is 0 Å². The third kappa shape index (κ3) is 4.67. The summed E-state index contributed by atoms with van der Waals surface area (Å²) in [5.74, 6) is 3.41. The van der Waals surface area contributed by atoms with Gasteiger partial charge in [-0.05, 0) is 47.7 Å². The van der Waals surface area contributed by atoms with Gasteiger partial charge in [0, 0.05) is 33.1 Å². The number of methoxy groups -OCH3 is 2. The van der Waals surface area contributed by atoms with Crippen LogP contribution < -0.4 is 19.7 Å². The van der Waals surface area contributed by atoms with Crippen molar-refractivity contribution in [2.24, 2.45) is 7.05 Å². The number of aromatic nitrogens is 4. The number of benzene rings is 2. The molecule has 0 unspecified atom stereocenters. The molecule has 188 valence electrons. The van der Waals surface area contributed by atoms with Gasteiger partial charge in [-0.25, -0.2) is 4.68 Å². The van der Waals surface area contributed by atoms with Crippen molar-refractivity contribution in [1.29, 1.82) is 0 Å². The van der Waals surface area contributed by atoms with Crippen LogP contribution in [0.1, 0.15) is 35.7 Å². The molecule has 1 aliphatic rings. The number of nitrogens with one attached hydrogen (secondary N) is 1. The van der Waals surface area contributed by atoms with Crippen molar-refractivity contribution < 1.29 is 9.47 Å². The van der Waals surface area contributed by atoms with Gasteiger partial charge in [0.2, 0.25) is 5.95 Å². The highest BCUT2D eigenvalue weighted by molar-refractivity contribution is 5.92. The normalized spacial score (nSPS) is 12.7. The number of nitrogens with zero attached hydrogens (tertiary/aromatic N) is 5. The van der Waals surface area contributed by atoms with Crippen molar-refractivity contribution >= 4 is 22.8 Å². The first-order chi connectivity index (χ1) is 17.6. The topological polar surface area (TPSA) is 77.3 Å². The zero-order valence-electron chi connectivity index (χ0n) is 21.5. The largest absolute Gasteiger partial charge is 0.497 e. The Hall–Kier alpha value is -3.81. The molecule has 3 heterocycles. The van der Waals surface area contributed by atoms with Crippen LogP contribution in [0.3, 0.4) is 0 Å². The quantitative estimate of drug-likeness (QED) is 0.352. The summed E-state index contributed by atoms with van der Waals surface area (Å²) in [4.78, 5) is 12.1. The van der Waals surface area contributed by atoms with E-state index in [4.69, 9.17) is 24.5 Å². The van der Waals surface area contributed by atoms with Gasteiger partial charge in [0.25, 0.3) is 0 Å². The Morgan fingerprint density at radius 1 is 1.00 bits per heavy atom. The van der Waals surface area contributed by atoms with E-state index in [1.165, 1.54) is 16.7 Å². The Balaban J connectivity index is 1.39. The minimum Gasteiger partial charge on any atom is -0.497 e. The van der Waals surface area contributed by atoms with Crippen LogP contribution in [0.5, 0.6) is 11.5 Å². The SMILES string of the molecule is CCCc1c(CCNc2nc3c4c(nn(C)c4n2)CCN3Cc2ccc(OC)cc2)cccc1OC. The van der Waals surface area contributed by atoms with E-state index in [1.54, 1.807) is 14.2 Å². The van der Waals surface area contributed by atoms with Crippen LogP contribution in [-0.2, 0) is 32.9 Å². The van der Waals surface area contributed by atoms with E-state index in [1.807, 2.05) is 29.9 Å². The summed E-state index contributed by atoms with van der Waals surface area (Å²) in [6.45, 7) is 4.57. The standard InChI is InChI=1S/C28H34N6O2/c1-5-7-22-20(8-6-9-24(22)36-4)14-16-29-28-30-26-25-23(32-33(26)2)15-17-34(27(25)31-28)18-19-10-12-21(35-3)13-11-19/h6,8-13H,5,7,14-18H2,1-4H3,(H,29,30,31). The van der Waals surface area contributed by atoms with E-state index < -0.39 is 0 Å². The maximum Gasteiger partial charge on any atom is 0.226 e. The van der Waals surface area contributed by atoms with E-state index in [2.05, 4.69) is 41.4 Å². The molecule has 4 aromatic rings. The van der Waals surface area contributed by atoms with Crippen LogP contribution in [0.15, 0.2) is 42.5 Å². The lowest BCUT2D eigenvalue weighted by Gasteiger charge is -2.28. The minimum absolute atomic E-state index is 0.633. The summed E-state index contributed by atoms with van der Waals surface area (Å²) in [5, 5.41) is 9.27. The Morgan fingerprint density at radius 3 is 2.58 bits per heavy atom. The molecule has 0 spiro atoms. The molecular formula is C28H34N6O2. The molecule has 0 amide bonds. The van der Waals surface area contributed by atoms with Crippen molar-refractivity contribution in [2.75, 3.05) is 37.5 Å². The van der Waals surface area contributed by atoms with E-state index >= 15 is 0 Å². The molecule has 0 fully saturated rings. The molecule has 1 aliphatic heterocycles. The van der Waals surface area contributed by atoms with Gasteiger partial charge in [0.1, 0.15) is 17.3 Å². The second kappa shape index (κ2) is 10.4. The van der Waals surface area contributed by atoms with Gasteiger partial charge in [-0.1, -0.05) is 37.6 Å². The van der Waals surface area contributed by atoms with Gasteiger partial charge < -0.3 is 19.7 Å². The first-order valence-electron chi connectivity index (χ1n) is 12.6. The van der Waals surface area contributed by atoms with Crippen molar-refractivity contribution in [3.8, 4) is 11.5 Å². The molecule has 0 bridgehead atoms. The summed E-state index contributed by atoms with van der Waals surface area (Å²) >= 11 is 0. The molecular weight excluding hydrogens is 452 g/mol. The summed E-state index contributed by atoms with van der Waals surface area (Å²) in [5.41, 5.74) is 5.74. The van der Waals surface area contributed by atoms with Crippen LogP contribution >= 0.6 is 0 Å². The van der Waals surface area contributed by atoms with Crippen molar-refractivity contribution in [2.45, 2.75) is 39.2 Å². The van der Waals surface area contributed by atoms with E-state index in [9.17, 15) is 0 Å². The van der Waals surface area contributed by atoms with Crippen LogP contribution in [0.2, 0.25) is 0 Å². The molecule has 1 N–H and O–H groups in total. The van der Waals surface area contributed by atoms with E-state index in [0.29, 0.717) is 5.95 Å². The van der Waals surface area contributed by atoms with Crippen LogP contribution in [0.25, 0.3) is 11.0 Å². The smallest absolute Gasteiger partial charge is 0.226 e. The summed E-state index contributed by atoms with van der Waals surface area (Å²) < 4.78 is 12.8. The van der Waals surface area contributed by atoms with Crippen LogP contribution in [-0.4, -0.2) is 47.1 Å². The molecule has 2 aromatic heterocycles. The van der Waals surface area contributed by atoms with Crippen molar-refractivity contribution in [3.05, 3.63) is 64.8 Å². The first kappa shape index (κ1) is 23.9. The zero-order chi connectivity index (χ0) is 25.1. The van der Waals surface area contributed by atoms with E-state index in [0.717, 1.165) is 79.4 Å². The molecule has 8 heteroatoms. The molecule has 0 saturated carbocycles. The molecule has 36 heavy (non-hydrogen) atoms. The third-order valence-corrected chi connectivity index (χ3v) is 6.81. The average Bonchev–Trinajstić information content (AvgIpc) is 3.23. The number of hydrogen-bond acceptors (Lipinski definition) is 7. The third-order valence-electron chi connectivity index (χ3n) is 6.81. The lowest BCUT2D eigenvalue weighted by Crippen LogP contribution is -2.29. The van der Waals surface area contributed by atoms with Crippen LogP contribution in [0, 0.1) is 0 Å². The number of anilines is 2. The second-order valence-corrected chi connectivity index (χ2v) is 9.18. The molecule has 0 saturated heterocycles. The Kier molecular flexibility index (Phi) is 6.93. The van der Waals surface area contributed by atoms with Gasteiger partial charge in [-0.2, -0.15) is 15.1 Å². The molecule has 0 aliphatic carbocycles. The monoisotopic (exact) mass is 486 g/mol. The highest BCUT2D eigenvalue weighted by Gasteiger charge is 2.26. The molecule has 5 rings (SSSR count). The van der Waals surface area contributed by atoms with Gasteiger partial charge in [-0.15, -0.1) is 0 Å². The maximum absolute atomic E-state index is 5.61. The maximum atomic E-state index is 5.61.